The number of thiophene rings is 1. The van der Waals surface area contributed by atoms with E-state index in [4.69, 9.17) is 9.47 Å². The van der Waals surface area contributed by atoms with Gasteiger partial charge in [-0.25, -0.2) is 4.79 Å². The van der Waals surface area contributed by atoms with Crippen LogP contribution in [0.4, 0.5) is 10.5 Å². The first-order valence-electron chi connectivity index (χ1n) is 9.64. The molecule has 2 N–H and O–H groups in total. The maximum atomic E-state index is 12.0. The second-order valence-corrected chi connectivity index (χ2v) is 7.35. The van der Waals surface area contributed by atoms with Gasteiger partial charge in [0.1, 0.15) is 23.8 Å². The molecule has 4 rings (SSSR count). The topological polar surface area (TPSA) is 85.4 Å². The van der Waals surface area contributed by atoms with Crippen molar-refractivity contribution in [2.75, 3.05) is 18.5 Å². The number of carbonyl (C=O) groups is 1. The average Bonchev–Trinajstić information content (AvgIpc) is 3.34. The molecule has 31 heavy (non-hydrogen) atoms. The number of hydrogen-bond acceptors (Lipinski definition) is 6. The summed E-state index contributed by atoms with van der Waals surface area (Å²) in [6.45, 7) is 0.611. The first-order chi connectivity index (χ1) is 15.3. The Kier molecular flexibility index (Phi) is 6.71. The fourth-order valence-corrected chi connectivity index (χ4v) is 3.37. The van der Waals surface area contributed by atoms with Gasteiger partial charge < -0.3 is 20.1 Å². The van der Waals surface area contributed by atoms with E-state index in [2.05, 4.69) is 20.8 Å². The second kappa shape index (κ2) is 10.2. The highest BCUT2D eigenvalue weighted by atomic mass is 32.1. The van der Waals surface area contributed by atoms with Gasteiger partial charge >= 0.3 is 6.03 Å². The first kappa shape index (κ1) is 20.4. The Balaban J connectivity index is 1.17. The summed E-state index contributed by atoms with van der Waals surface area (Å²) in [7, 11) is 0. The van der Waals surface area contributed by atoms with Gasteiger partial charge in [0.15, 0.2) is 0 Å². The molecule has 0 fully saturated rings. The molecular weight excluding hydrogens is 412 g/mol. The highest BCUT2D eigenvalue weighted by Gasteiger charge is 2.05. The minimum Gasteiger partial charge on any atom is -0.475 e. The number of nitrogens with zero attached hydrogens (tertiary/aromatic N) is 2. The van der Waals surface area contributed by atoms with Crippen molar-refractivity contribution in [2.45, 2.75) is 0 Å². The Hall–Kier alpha value is -3.91. The molecule has 7 nitrogen and oxygen atoms in total. The predicted molar refractivity (Wildman–Crippen MR) is 121 cm³/mol. The van der Waals surface area contributed by atoms with Crippen LogP contribution in [0.3, 0.4) is 0 Å². The van der Waals surface area contributed by atoms with Crippen LogP contribution in [-0.4, -0.2) is 29.4 Å². The molecule has 2 aromatic carbocycles. The third-order valence-corrected chi connectivity index (χ3v) is 5.03. The highest BCUT2D eigenvalue weighted by Crippen LogP contribution is 2.23. The number of rotatable bonds is 8. The molecule has 4 aromatic rings. The van der Waals surface area contributed by atoms with E-state index >= 15 is 0 Å². The van der Waals surface area contributed by atoms with Crippen LogP contribution in [0.25, 0.3) is 10.6 Å². The second-order valence-electron chi connectivity index (χ2n) is 6.40. The quantitative estimate of drug-likeness (QED) is 0.374. The van der Waals surface area contributed by atoms with Crippen LogP contribution < -0.4 is 20.1 Å². The standard InChI is InChI=1S/C23H20N4O3S/c28-23(25-17-8-10-19(11-9-17)30-18-5-2-1-3-6-18)24-14-15-29-22-13-12-20(26-27-22)21-7-4-16-31-21/h1-13,16H,14-15H2,(H2,24,25,28). The highest BCUT2D eigenvalue weighted by molar-refractivity contribution is 7.13. The summed E-state index contributed by atoms with van der Waals surface area (Å²) in [5.41, 5.74) is 1.47. The van der Waals surface area contributed by atoms with Crippen molar-refractivity contribution in [1.29, 1.82) is 0 Å². The molecule has 0 atom stereocenters. The number of amides is 2. The van der Waals surface area contributed by atoms with Crippen molar-refractivity contribution in [1.82, 2.24) is 15.5 Å². The molecule has 0 saturated carbocycles. The van der Waals surface area contributed by atoms with Crippen LogP contribution in [0, 0.1) is 0 Å². The van der Waals surface area contributed by atoms with Crippen LogP contribution in [-0.2, 0) is 0 Å². The van der Waals surface area contributed by atoms with E-state index in [0.29, 0.717) is 23.9 Å². The van der Waals surface area contributed by atoms with Crippen molar-refractivity contribution in [2.24, 2.45) is 0 Å². The number of benzene rings is 2. The van der Waals surface area contributed by atoms with Gasteiger partial charge in [-0.2, -0.15) is 0 Å². The third-order valence-electron chi connectivity index (χ3n) is 4.14. The molecule has 0 bridgehead atoms. The van der Waals surface area contributed by atoms with Gasteiger partial charge in [0, 0.05) is 11.8 Å². The van der Waals surface area contributed by atoms with Gasteiger partial charge in [0.05, 0.1) is 11.4 Å². The Morgan fingerprint density at radius 1 is 0.871 bits per heavy atom. The molecule has 156 valence electrons. The van der Waals surface area contributed by atoms with E-state index in [1.807, 2.05) is 53.9 Å². The molecule has 2 amide bonds. The first-order valence-corrected chi connectivity index (χ1v) is 10.5. The van der Waals surface area contributed by atoms with E-state index < -0.39 is 0 Å². The van der Waals surface area contributed by atoms with Gasteiger partial charge in [0.2, 0.25) is 5.88 Å². The Bertz CT molecular complexity index is 1090. The van der Waals surface area contributed by atoms with E-state index in [1.165, 1.54) is 0 Å². The molecule has 0 radical (unpaired) electrons. The maximum absolute atomic E-state index is 12.0. The fourth-order valence-electron chi connectivity index (χ4n) is 2.68. The predicted octanol–water partition coefficient (Wildman–Crippen LogP) is 5.20. The van der Waals surface area contributed by atoms with Crippen molar-refractivity contribution in [3.05, 3.63) is 84.2 Å². The van der Waals surface area contributed by atoms with E-state index in [-0.39, 0.29) is 12.6 Å². The summed E-state index contributed by atoms with van der Waals surface area (Å²) in [5.74, 6) is 1.86. The number of urea groups is 1. The summed E-state index contributed by atoms with van der Waals surface area (Å²) in [6, 6.07) is 23.9. The largest absolute Gasteiger partial charge is 0.475 e. The zero-order valence-corrected chi connectivity index (χ0v) is 17.3. The fraction of sp³-hybridized carbons (Fsp3) is 0.0870. The summed E-state index contributed by atoms with van der Waals surface area (Å²) < 4.78 is 11.3. The Labute approximate surface area is 183 Å². The number of nitrogens with one attached hydrogen (secondary N) is 2. The molecule has 8 heteroatoms. The summed E-state index contributed by atoms with van der Waals surface area (Å²) in [6.07, 6.45) is 0. The molecule has 0 spiro atoms. The summed E-state index contributed by atoms with van der Waals surface area (Å²) >= 11 is 1.60. The number of para-hydroxylation sites is 1. The molecule has 2 aromatic heterocycles. The van der Waals surface area contributed by atoms with Gasteiger partial charge in [-0.15, -0.1) is 21.5 Å². The SMILES string of the molecule is O=C(NCCOc1ccc(-c2cccs2)nn1)Nc1ccc(Oc2ccccc2)cc1. The lowest BCUT2D eigenvalue weighted by Gasteiger charge is -2.10. The lowest BCUT2D eigenvalue weighted by atomic mass is 10.3. The van der Waals surface area contributed by atoms with Crippen LogP contribution in [0.15, 0.2) is 84.2 Å². The number of anilines is 1. The van der Waals surface area contributed by atoms with Crippen LogP contribution in [0.2, 0.25) is 0 Å². The molecule has 0 aliphatic carbocycles. The Morgan fingerprint density at radius 3 is 2.39 bits per heavy atom. The van der Waals surface area contributed by atoms with E-state index in [0.717, 1.165) is 16.3 Å². The van der Waals surface area contributed by atoms with E-state index in [1.54, 1.807) is 41.7 Å². The molecule has 0 aliphatic rings. The summed E-state index contributed by atoms with van der Waals surface area (Å²) in [4.78, 5) is 13.1. The molecular formula is C23H20N4O3S. The van der Waals surface area contributed by atoms with Crippen molar-refractivity contribution in [3.8, 4) is 28.0 Å². The monoisotopic (exact) mass is 432 g/mol. The minimum atomic E-state index is -0.320. The molecule has 2 heterocycles. The lowest BCUT2D eigenvalue weighted by molar-refractivity contribution is 0.246. The third kappa shape index (κ3) is 6.03. The zero-order valence-electron chi connectivity index (χ0n) is 16.5. The van der Waals surface area contributed by atoms with Gasteiger partial charge in [-0.05, 0) is 53.9 Å². The van der Waals surface area contributed by atoms with Crippen LogP contribution in [0.5, 0.6) is 17.4 Å². The molecule has 0 aliphatic heterocycles. The van der Waals surface area contributed by atoms with Crippen molar-refractivity contribution >= 4 is 23.1 Å². The van der Waals surface area contributed by atoms with Gasteiger partial charge in [0.25, 0.3) is 0 Å². The van der Waals surface area contributed by atoms with Gasteiger partial charge in [-0.1, -0.05) is 24.3 Å². The average molecular weight is 433 g/mol. The number of aromatic nitrogens is 2. The number of carbonyl (C=O) groups excluding carboxylic acids is 1. The normalized spacial score (nSPS) is 10.3. The molecule has 0 unspecified atom stereocenters. The minimum absolute atomic E-state index is 0.282. The van der Waals surface area contributed by atoms with E-state index in [9.17, 15) is 4.79 Å². The van der Waals surface area contributed by atoms with Crippen molar-refractivity contribution in [3.63, 3.8) is 0 Å². The van der Waals surface area contributed by atoms with Crippen molar-refractivity contribution < 1.29 is 14.3 Å². The van der Waals surface area contributed by atoms with Gasteiger partial charge in [-0.3, -0.25) is 0 Å². The lowest BCUT2D eigenvalue weighted by Crippen LogP contribution is -2.32. The smallest absolute Gasteiger partial charge is 0.319 e. The number of hydrogen-bond donors (Lipinski definition) is 2. The summed E-state index contributed by atoms with van der Waals surface area (Å²) in [5, 5.41) is 15.7. The molecule has 0 saturated heterocycles. The maximum Gasteiger partial charge on any atom is 0.319 e. The zero-order chi connectivity index (χ0) is 21.3. The Morgan fingerprint density at radius 2 is 1.68 bits per heavy atom. The van der Waals surface area contributed by atoms with Crippen LogP contribution >= 0.6 is 11.3 Å². The van der Waals surface area contributed by atoms with Crippen LogP contribution in [0.1, 0.15) is 0 Å². The number of ether oxygens (including phenoxy) is 2.